The van der Waals surface area contributed by atoms with Crippen molar-refractivity contribution in [1.82, 2.24) is 4.90 Å². The van der Waals surface area contributed by atoms with E-state index in [0.717, 1.165) is 0 Å². The third-order valence-corrected chi connectivity index (χ3v) is 5.22. The van der Waals surface area contributed by atoms with Crippen molar-refractivity contribution in [1.29, 1.82) is 0 Å². The molecule has 0 spiro atoms. The summed E-state index contributed by atoms with van der Waals surface area (Å²) in [6, 6.07) is 9.05. The largest absolute Gasteiger partial charge is 0.386 e. The minimum atomic E-state index is -1.08. The van der Waals surface area contributed by atoms with E-state index in [1.54, 1.807) is 23.1 Å². The van der Waals surface area contributed by atoms with Crippen molar-refractivity contribution in [2.24, 2.45) is 0 Å². The van der Waals surface area contributed by atoms with Crippen LogP contribution < -0.4 is 5.32 Å². The third-order valence-electron chi connectivity index (χ3n) is 4.56. The predicted octanol–water partition coefficient (Wildman–Crippen LogP) is 3.52. The van der Waals surface area contributed by atoms with Crippen molar-refractivity contribution in [3.63, 3.8) is 0 Å². The van der Waals surface area contributed by atoms with Gasteiger partial charge in [-0.25, -0.2) is 0 Å². The summed E-state index contributed by atoms with van der Waals surface area (Å²) in [4.78, 5) is 25.1. The molecule has 29 heavy (non-hydrogen) atoms. The second-order valence-electron chi connectivity index (χ2n) is 6.43. The molecule has 1 aliphatic heterocycles. The van der Waals surface area contributed by atoms with Gasteiger partial charge >= 0.3 is 0 Å². The summed E-state index contributed by atoms with van der Waals surface area (Å²) in [6.45, 7) is 1.71. The van der Waals surface area contributed by atoms with Crippen molar-refractivity contribution in [2.75, 3.05) is 38.2 Å². The Hall–Kier alpha value is -2.39. The molecule has 1 unspecified atom stereocenters. The van der Waals surface area contributed by atoms with Crippen LogP contribution in [-0.2, 0) is 4.74 Å². The number of carbonyl (C=O) groups excluding carboxylic acids is 1. The predicted molar refractivity (Wildman–Crippen MR) is 110 cm³/mol. The summed E-state index contributed by atoms with van der Waals surface area (Å²) in [5.41, 5.74) is 0.473. The number of aliphatic hydroxyl groups excluding tert-OH is 1. The monoisotopic (exact) mass is 439 g/mol. The zero-order valence-corrected chi connectivity index (χ0v) is 16.8. The first kappa shape index (κ1) is 21.3. The number of nitrogens with zero attached hydrogens (tertiary/aromatic N) is 2. The number of morpholine rings is 1. The van der Waals surface area contributed by atoms with Crippen LogP contribution in [0.25, 0.3) is 0 Å². The lowest BCUT2D eigenvalue weighted by Crippen LogP contribution is -2.40. The SMILES string of the molecule is O=C(c1ccc(NCC(O)c2c(Cl)cccc2Cl)c([N+](=O)[O-])c1)N1CCOCC1. The van der Waals surface area contributed by atoms with Crippen molar-refractivity contribution < 1.29 is 19.6 Å². The molecule has 154 valence electrons. The van der Waals surface area contributed by atoms with E-state index in [1.165, 1.54) is 18.2 Å². The number of aliphatic hydroxyl groups is 1. The quantitative estimate of drug-likeness (QED) is 0.526. The molecule has 2 aromatic carbocycles. The number of hydrogen-bond donors (Lipinski definition) is 2. The number of carbonyl (C=O) groups is 1. The molecule has 1 aliphatic rings. The van der Waals surface area contributed by atoms with Gasteiger partial charge < -0.3 is 20.1 Å². The van der Waals surface area contributed by atoms with Crippen LogP contribution in [0.5, 0.6) is 0 Å². The minimum Gasteiger partial charge on any atom is -0.386 e. The van der Waals surface area contributed by atoms with Crippen LogP contribution in [0.2, 0.25) is 10.0 Å². The van der Waals surface area contributed by atoms with Crippen LogP contribution in [-0.4, -0.2) is 53.7 Å². The second-order valence-corrected chi connectivity index (χ2v) is 7.24. The van der Waals surface area contributed by atoms with Gasteiger partial charge in [-0.2, -0.15) is 0 Å². The van der Waals surface area contributed by atoms with E-state index in [0.29, 0.717) is 41.9 Å². The van der Waals surface area contributed by atoms with Crippen LogP contribution in [0.4, 0.5) is 11.4 Å². The smallest absolute Gasteiger partial charge is 0.293 e. The number of amides is 1. The van der Waals surface area contributed by atoms with Gasteiger partial charge in [-0.05, 0) is 24.3 Å². The van der Waals surface area contributed by atoms with Gasteiger partial charge in [0.2, 0.25) is 0 Å². The van der Waals surface area contributed by atoms with Gasteiger partial charge in [0, 0.05) is 46.9 Å². The maximum absolute atomic E-state index is 12.6. The van der Waals surface area contributed by atoms with Gasteiger partial charge in [0.15, 0.2) is 0 Å². The van der Waals surface area contributed by atoms with E-state index in [9.17, 15) is 20.0 Å². The van der Waals surface area contributed by atoms with Gasteiger partial charge in [-0.15, -0.1) is 0 Å². The van der Waals surface area contributed by atoms with Gasteiger partial charge in [0.25, 0.3) is 11.6 Å². The fourth-order valence-corrected chi connectivity index (χ4v) is 3.70. The number of nitro groups is 1. The minimum absolute atomic E-state index is 0.0545. The standard InChI is InChI=1S/C19H19Cl2N3O5/c20-13-2-1-3-14(21)18(13)17(25)11-22-15-5-4-12(10-16(15)24(27)28)19(26)23-6-8-29-9-7-23/h1-5,10,17,22,25H,6-9,11H2. The Morgan fingerprint density at radius 2 is 1.90 bits per heavy atom. The normalized spacial score (nSPS) is 15.1. The van der Waals surface area contributed by atoms with E-state index in [-0.39, 0.29) is 29.4 Å². The van der Waals surface area contributed by atoms with Crippen LogP contribution in [0.15, 0.2) is 36.4 Å². The zero-order chi connectivity index (χ0) is 21.0. The van der Waals surface area contributed by atoms with E-state index in [2.05, 4.69) is 5.32 Å². The Morgan fingerprint density at radius 1 is 1.24 bits per heavy atom. The second kappa shape index (κ2) is 9.41. The molecule has 2 N–H and O–H groups in total. The Bertz CT molecular complexity index is 898. The zero-order valence-electron chi connectivity index (χ0n) is 15.3. The van der Waals surface area contributed by atoms with E-state index >= 15 is 0 Å². The molecule has 1 saturated heterocycles. The summed E-state index contributed by atoms with van der Waals surface area (Å²) in [6.07, 6.45) is -1.08. The Kier molecular flexibility index (Phi) is 6.92. The molecule has 0 aromatic heterocycles. The molecular formula is C19H19Cl2N3O5. The Labute approximate surface area is 177 Å². The number of benzene rings is 2. The molecular weight excluding hydrogens is 421 g/mol. The summed E-state index contributed by atoms with van der Waals surface area (Å²) in [5.74, 6) is -0.286. The lowest BCUT2D eigenvalue weighted by Gasteiger charge is -2.26. The van der Waals surface area contributed by atoms with Gasteiger partial charge in [-0.3, -0.25) is 14.9 Å². The maximum atomic E-state index is 12.6. The molecule has 0 saturated carbocycles. The summed E-state index contributed by atoms with van der Waals surface area (Å²) >= 11 is 12.2. The highest BCUT2D eigenvalue weighted by Crippen LogP contribution is 2.32. The number of rotatable bonds is 6. The number of ether oxygens (including phenoxy) is 1. The third kappa shape index (κ3) is 4.97. The van der Waals surface area contributed by atoms with Crippen LogP contribution in [0.1, 0.15) is 22.0 Å². The molecule has 1 fully saturated rings. The van der Waals surface area contributed by atoms with Crippen LogP contribution in [0, 0.1) is 10.1 Å². The Balaban J connectivity index is 1.77. The van der Waals surface area contributed by atoms with Crippen LogP contribution in [0.3, 0.4) is 0 Å². The number of nitro benzene ring substituents is 1. The molecule has 1 amide bonds. The first-order valence-corrected chi connectivity index (χ1v) is 9.65. The van der Waals surface area contributed by atoms with Crippen LogP contribution >= 0.6 is 23.2 Å². The number of nitrogens with one attached hydrogen (secondary N) is 1. The number of anilines is 1. The fourth-order valence-electron chi connectivity index (χ4n) is 3.05. The lowest BCUT2D eigenvalue weighted by atomic mass is 10.1. The van der Waals surface area contributed by atoms with Crippen molar-refractivity contribution in [2.45, 2.75) is 6.10 Å². The molecule has 2 aromatic rings. The first-order valence-electron chi connectivity index (χ1n) is 8.89. The molecule has 1 atom stereocenters. The topological polar surface area (TPSA) is 105 Å². The molecule has 1 heterocycles. The highest BCUT2D eigenvalue weighted by molar-refractivity contribution is 6.36. The molecule has 8 nitrogen and oxygen atoms in total. The molecule has 10 heteroatoms. The molecule has 0 radical (unpaired) electrons. The van der Waals surface area contributed by atoms with Crippen molar-refractivity contribution >= 4 is 40.5 Å². The summed E-state index contributed by atoms with van der Waals surface area (Å²) in [7, 11) is 0. The van der Waals surface area contributed by atoms with E-state index in [4.69, 9.17) is 27.9 Å². The number of halogens is 2. The molecule has 3 rings (SSSR count). The molecule has 0 bridgehead atoms. The van der Waals surface area contributed by atoms with Gasteiger partial charge in [0.05, 0.1) is 24.2 Å². The van der Waals surface area contributed by atoms with Crippen molar-refractivity contribution in [3.05, 3.63) is 67.7 Å². The van der Waals surface area contributed by atoms with Crippen molar-refractivity contribution in [3.8, 4) is 0 Å². The van der Waals surface area contributed by atoms with Gasteiger partial charge in [-0.1, -0.05) is 29.3 Å². The number of hydrogen-bond acceptors (Lipinski definition) is 6. The average molecular weight is 440 g/mol. The average Bonchev–Trinajstić information content (AvgIpc) is 2.72. The Morgan fingerprint density at radius 3 is 2.52 bits per heavy atom. The highest BCUT2D eigenvalue weighted by Gasteiger charge is 2.23. The van der Waals surface area contributed by atoms with E-state index < -0.39 is 11.0 Å². The molecule has 0 aliphatic carbocycles. The lowest BCUT2D eigenvalue weighted by molar-refractivity contribution is -0.384. The fraction of sp³-hybridized carbons (Fsp3) is 0.316. The first-order chi connectivity index (χ1) is 13.9. The van der Waals surface area contributed by atoms with Gasteiger partial charge in [0.1, 0.15) is 5.69 Å². The maximum Gasteiger partial charge on any atom is 0.293 e. The highest BCUT2D eigenvalue weighted by atomic mass is 35.5. The van der Waals surface area contributed by atoms with E-state index in [1.807, 2.05) is 0 Å². The summed E-state index contributed by atoms with van der Waals surface area (Å²) in [5, 5.41) is 25.4. The summed E-state index contributed by atoms with van der Waals surface area (Å²) < 4.78 is 5.22.